The van der Waals surface area contributed by atoms with Gasteiger partial charge in [0, 0.05) is 6.61 Å². The molecule has 0 spiro atoms. The van der Waals surface area contributed by atoms with Crippen LogP contribution in [0.3, 0.4) is 0 Å². The van der Waals surface area contributed by atoms with E-state index >= 15 is 0 Å². The summed E-state index contributed by atoms with van der Waals surface area (Å²) in [5.41, 5.74) is -0.0548. The van der Waals surface area contributed by atoms with E-state index in [4.69, 9.17) is 4.74 Å². The van der Waals surface area contributed by atoms with Gasteiger partial charge in [0.2, 0.25) is 0 Å². The summed E-state index contributed by atoms with van der Waals surface area (Å²) in [4.78, 5) is 0. The van der Waals surface area contributed by atoms with Crippen molar-refractivity contribution in [1.82, 2.24) is 0 Å². The molecular formula is C13H24O2. The third-order valence-corrected chi connectivity index (χ3v) is 4.03. The van der Waals surface area contributed by atoms with Crippen molar-refractivity contribution in [2.75, 3.05) is 6.61 Å². The van der Waals surface area contributed by atoms with Crippen LogP contribution in [0.1, 0.15) is 58.8 Å². The second kappa shape index (κ2) is 4.06. The molecule has 0 amide bonds. The van der Waals surface area contributed by atoms with Gasteiger partial charge in [-0.3, -0.25) is 0 Å². The second-order valence-electron chi connectivity index (χ2n) is 6.24. The normalized spacial score (nSPS) is 39.8. The fourth-order valence-electron chi connectivity index (χ4n) is 3.15. The Kier molecular flexibility index (Phi) is 3.09. The molecule has 0 aromatic rings. The van der Waals surface area contributed by atoms with Crippen molar-refractivity contribution >= 4 is 0 Å². The Bertz CT molecular complexity index is 219. The van der Waals surface area contributed by atoms with E-state index in [0.717, 1.165) is 38.7 Å². The number of hydrogen-bond donors (Lipinski definition) is 1. The monoisotopic (exact) mass is 212 g/mol. The highest BCUT2D eigenvalue weighted by Crippen LogP contribution is 2.45. The second-order valence-corrected chi connectivity index (χ2v) is 6.24. The molecule has 1 saturated carbocycles. The fraction of sp³-hybridized carbons (Fsp3) is 1.00. The average Bonchev–Trinajstić information content (AvgIpc) is 2.71. The number of hydrogen-bond acceptors (Lipinski definition) is 2. The lowest BCUT2D eigenvalue weighted by Gasteiger charge is -2.26. The van der Waals surface area contributed by atoms with Crippen LogP contribution < -0.4 is 0 Å². The largest absolute Gasteiger partial charge is 0.390 e. The van der Waals surface area contributed by atoms with Gasteiger partial charge in [0.05, 0.1) is 11.7 Å². The van der Waals surface area contributed by atoms with Gasteiger partial charge in [0.25, 0.3) is 0 Å². The molecule has 0 aromatic heterocycles. The van der Waals surface area contributed by atoms with Crippen molar-refractivity contribution < 1.29 is 9.84 Å². The predicted molar refractivity (Wildman–Crippen MR) is 60.8 cm³/mol. The van der Waals surface area contributed by atoms with Crippen LogP contribution in [0, 0.1) is 5.41 Å². The van der Waals surface area contributed by atoms with Crippen LogP contribution in [0.5, 0.6) is 0 Å². The summed E-state index contributed by atoms with van der Waals surface area (Å²) >= 11 is 0. The third-order valence-electron chi connectivity index (χ3n) is 4.03. The fourth-order valence-corrected chi connectivity index (χ4v) is 3.15. The molecule has 88 valence electrons. The van der Waals surface area contributed by atoms with Crippen LogP contribution in [0.2, 0.25) is 0 Å². The molecule has 2 fully saturated rings. The smallest absolute Gasteiger partial charge is 0.0654 e. The minimum absolute atomic E-state index is 0.339. The van der Waals surface area contributed by atoms with Gasteiger partial charge in [-0.1, -0.05) is 13.8 Å². The highest BCUT2D eigenvalue weighted by atomic mass is 16.5. The summed E-state index contributed by atoms with van der Waals surface area (Å²) in [5.74, 6) is 0. The molecule has 2 heteroatoms. The summed E-state index contributed by atoms with van der Waals surface area (Å²) in [6.45, 7) is 5.45. The zero-order valence-electron chi connectivity index (χ0n) is 10.1. The molecule has 0 aromatic carbocycles. The molecule has 0 radical (unpaired) electrons. The third kappa shape index (κ3) is 2.94. The first-order valence-electron chi connectivity index (χ1n) is 6.33. The van der Waals surface area contributed by atoms with Crippen LogP contribution in [0.4, 0.5) is 0 Å². The van der Waals surface area contributed by atoms with Crippen LogP contribution in [-0.4, -0.2) is 23.4 Å². The van der Waals surface area contributed by atoms with Gasteiger partial charge >= 0.3 is 0 Å². The summed E-state index contributed by atoms with van der Waals surface area (Å²) in [5, 5.41) is 10.4. The maximum absolute atomic E-state index is 10.4. The summed E-state index contributed by atoms with van der Waals surface area (Å²) in [6.07, 6.45) is 7.91. The van der Waals surface area contributed by atoms with Crippen molar-refractivity contribution in [1.29, 1.82) is 0 Å². The molecule has 1 saturated heterocycles. The Balaban J connectivity index is 1.78. The quantitative estimate of drug-likeness (QED) is 0.779. The molecule has 2 rings (SSSR count). The molecule has 2 aliphatic rings. The van der Waals surface area contributed by atoms with E-state index in [2.05, 4.69) is 13.8 Å². The van der Waals surface area contributed by atoms with E-state index in [9.17, 15) is 5.11 Å². The van der Waals surface area contributed by atoms with E-state index in [-0.39, 0.29) is 0 Å². The van der Waals surface area contributed by atoms with Crippen molar-refractivity contribution in [3.05, 3.63) is 0 Å². The van der Waals surface area contributed by atoms with E-state index in [1.807, 2.05) is 0 Å². The summed E-state index contributed by atoms with van der Waals surface area (Å²) in [6, 6.07) is 0. The molecule has 1 aliphatic carbocycles. The Morgan fingerprint density at radius 3 is 2.67 bits per heavy atom. The van der Waals surface area contributed by atoms with E-state index < -0.39 is 5.60 Å². The lowest BCUT2D eigenvalue weighted by molar-refractivity contribution is 0.00864. The molecular weight excluding hydrogens is 188 g/mol. The van der Waals surface area contributed by atoms with Gasteiger partial charge in [-0.05, 0) is 50.4 Å². The zero-order chi connectivity index (χ0) is 10.9. The molecule has 2 nitrogen and oxygen atoms in total. The van der Waals surface area contributed by atoms with Crippen LogP contribution in [-0.2, 0) is 4.74 Å². The zero-order valence-corrected chi connectivity index (χ0v) is 10.1. The topological polar surface area (TPSA) is 29.5 Å². The van der Waals surface area contributed by atoms with Gasteiger partial charge in [0.1, 0.15) is 0 Å². The number of ether oxygens (including phenoxy) is 1. The van der Waals surface area contributed by atoms with Crippen molar-refractivity contribution in [2.45, 2.75) is 70.5 Å². The molecule has 2 atom stereocenters. The van der Waals surface area contributed by atoms with Crippen LogP contribution >= 0.6 is 0 Å². The standard InChI is InChI=1S/C13H24O2/c1-12(2)7-8-13(14,10-12)6-5-11-4-3-9-15-11/h11,14H,3-10H2,1-2H3. The first-order valence-corrected chi connectivity index (χ1v) is 6.33. The Morgan fingerprint density at radius 1 is 1.33 bits per heavy atom. The Hall–Kier alpha value is -0.0800. The van der Waals surface area contributed by atoms with E-state index in [1.54, 1.807) is 0 Å². The molecule has 2 unspecified atom stereocenters. The maximum atomic E-state index is 10.4. The Morgan fingerprint density at radius 2 is 2.13 bits per heavy atom. The SMILES string of the molecule is CC1(C)CCC(O)(CCC2CCCO2)C1. The highest BCUT2D eigenvalue weighted by molar-refractivity contribution is 4.94. The predicted octanol–water partition coefficient (Wildman–Crippen LogP) is 2.89. The van der Waals surface area contributed by atoms with Crippen LogP contribution in [0.25, 0.3) is 0 Å². The first kappa shape index (κ1) is 11.4. The lowest BCUT2D eigenvalue weighted by atomic mass is 9.87. The summed E-state index contributed by atoms with van der Waals surface area (Å²) < 4.78 is 5.60. The van der Waals surface area contributed by atoms with Crippen molar-refractivity contribution in [3.8, 4) is 0 Å². The highest BCUT2D eigenvalue weighted by Gasteiger charge is 2.41. The Labute approximate surface area is 93.0 Å². The summed E-state index contributed by atoms with van der Waals surface area (Å²) in [7, 11) is 0. The van der Waals surface area contributed by atoms with Gasteiger partial charge < -0.3 is 9.84 Å². The van der Waals surface area contributed by atoms with Gasteiger partial charge in [-0.15, -0.1) is 0 Å². The molecule has 1 N–H and O–H groups in total. The minimum atomic E-state index is -0.393. The number of aliphatic hydroxyl groups is 1. The molecule has 1 heterocycles. The lowest BCUT2D eigenvalue weighted by Crippen LogP contribution is -2.27. The molecule has 1 aliphatic heterocycles. The van der Waals surface area contributed by atoms with Gasteiger partial charge in [-0.25, -0.2) is 0 Å². The maximum Gasteiger partial charge on any atom is 0.0654 e. The van der Waals surface area contributed by atoms with Gasteiger partial charge in [0.15, 0.2) is 0 Å². The van der Waals surface area contributed by atoms with Crippen molar-refractivity contribution in [2.24, 2.45) is 5.41 Å². The molecule has 15 heavy (non-hydrogen) atoms. The van der Waals surface area contributed by atoms with Crippen LogP contribution in [0.15, 0.2) is 0 Å². The first-order chi connectivity index (χ1) is 6.99. The van der Waals surface area contributed by atoms with E-state index in [0.29, 0.717) is 11.5 Å². The van der Waals surface area contributed by atoms with Crippen molar-refractivity contribution in [3.63, 3.8) is 0 Å². The molecule has 0 bridgehead atoms. The number of rotatable bonds is 3. The minimum Gasteiger partial charge on any atom is -0.390 e. The van der Waals surface area contributed by atoms with Gasteiger partial charge in [-0.2, -0.15) is 0 Å². The average molecular weight is 212 g/mol. The van der Waals surface area contributed by atoms with E-state index in [1.165, 1.54) is 12.8 Å².